The summed E-state index contributed by atoms with van der Waals surface area (Å²) in [5.41, 5.74) is 1.32. The molecule has 30 heavy (non-hydrogen) atoms. The second-order valence-corrected chi connectivity index (χ2v) is 6.15. The molecule has 0 aromatic heterocycles. The van der Waals surface area contributed by atoms with E-state index in [1.54, 1.807) is 24.3 Å². The van der Waals surface area contributed by atoms with Gasteiger partial charge in [-0.3, -0.25) is 14.4 Å². The number of amides is 2. The molecule has 2 aromatic rings. The van der Waals surface area contributed by atoms with Crippen LogP contribution in [0.2, 0.25) is 0 Å². The highest BCUT2D eigenvalue weighted by molar-refractivity contribution is 5.96. The van der Waals surface area contributed by atoms with Gasteiger partial charge in [0, 0.05) is 17.8 Å². The third kappa shape index (κ3) is 6.97. The molecule has 0 spiro atoms. The maximum Gasteiger partial charge on any atom is 0.326 e. The molecule has 0 fully saturated rings. The lowest BCUT2D eigenvalue weighted by Crippen LogP contribution is -2.35. The van der Waals surface area contributed by atoms with Crippen LogP contribution in [0.5, 0.6) is 11.5 Å². The number of hydrogen-bond acceptors (Lipinski definition) is 6. The van der Waals surface area contributed by atoms with E-state index in [0.717, 1.165) is 5.56 Å². The predicted molar refractivity (Wildman–Crippen MR) is 112 cm³/mol. The Kier molecular flexibility index (Phi) is 8.43. The SMILES string of the molecule is COc1ccc(NC(=O)[C@@H](C)OC(=O)CNC(=O)/C=C/c2ccccc2)cc1OC. The fourth-order valence-electron chi connectivity index (χ4n) is 2.40. The van der Waals surface area contributed by atoms with E-state index in [1.807, 2.05) is 30.3 Å². The van der Waals surface area contributed by atoms with E-state index in [2.05, 4.69) is 10.6 Å². The second-order valence-electron chi connectivity index (χ2n) is 6.15. The minimum Gasteiger partial charge on any atom is -0.493 e. The fraction of sp³-hybridized carbons (Fsp3) is 0.227. The lowest BCUT2D eigenvalue weighted by molar-refractivity contribution is -0.152. The first-order chi connectivity index (χ1) is 14.4. The number of benzene rings is 2. The molecule has 8 heteroatoms. The summed E-state index contributed by atoms with van der Waals surface area (Å²) in [6, 6.07) is 14.1. The van der Waals surface area contributed by atoms with Crippen LogP contribution in [0, 0.1) is 0 Å². The van der Waals surface area contributed by atoms with E-state index in [0.29, 0.717) is 17.2 Å². The van der Waals surface area contributed by atoms with Crippen molar-refractivity contribution < 1.29 is 28.6 Å². The van der Waals surface area contributed by atoms with Gasteiger partial charge in [0.15, 0.2) is 17.6 Å². The number of esters is 1. The van der Waals surface area contributed by atoms with E-state index in [4.69, 9.17) is 14.2 Å². The highest BCUT2D eigenvalue weighted by Crippen LogP contribution is 2.29. The predicted octanol–water partition coefficient (Wildman–Crippen LogP) is 2.40. The Morgan fingerprint density at radius 3 is 2.37 bits per heavy atom. The van der Waals surface area contributed by atoms with Crippen molar-refractivity contribution in [1.82, 2.24) is 5.32 Å². The van der Waals surface area contributed by atoms with Gasteiger partial charge in [0.05, 0.1) is 14.2 Å². The summed E-state index contributed by atoms with van der Waals surface area (Å²) in [4.78, 5) is 35.9. The largest absolute Gasteiger partial charge is 0.493 e. The van der Waals surface area contributed by atoms with Crippen molar-refractivity contribution in [1.29, 1.82) is 0 Å². The van der Waals surface area contributed by atoms with Gasteiger partial charge in [-0.05, 0) is 30.7 Å². The first-order valence-electron chi connectivity index (χ1n) is 9.16. The summed E-state index contributed by atoms with van der Waals surface area (Å²) in [5, 5.41) is 5.04. The Balaban J connectivity index is 1.80. The molecule has 0 saturated heterocycles. The van der Waals surface area contributed by atoms with Crippen LogP contribution in [0.3, 0.4) is 0 Å². The van der Waals surface area contributed by atoms with Crippen LogP contribution in [0.15, 0.2) is 54.6 Å². The molecule has 158 valence electrons. The average molecular weight is 412 g/mol. The van der Waals surface area contributed by atoms with Gasteiger partial charge in [0.25, 0.3) is 5.91 Å². The lowest BCUT2D eigenvalue weighted by atomic mass is 10.2. The normalized spacial score (nSPS) is 11.4. The minimum atomic E-state index is -1.05. The molecular formula is C22H24N2O6. The Morgan fingerprint density at radius 1 is 1.00 bits per heavy atom. The van der Waals surface area contributed by atoms with Gasteiger partial charge < -0.3 is 24.8 Å². The number of anilines is 1. The third-order valence-electron chi connectivity index (χ3n) is 3.96. The van der Waals surface area contributed by atoms with Crippen molar-refractivity contribution >= 4 is 29.5 Å². The van der Waals surface area contributed by atoms with Gasteiger partial charge in [-0.15, -0.1) is 0 Å². The molecule has 0 aliphatic carbocycles. The first kappa shape index (κ1) is 22.5. The molecule has 0 radical (unpaired) electrons. The molecular weight excluding hydrogens is 388 g/mol. The quantitative estimate of drug-likeness (QED) is 0.484. The molecule has 0 bridgehead atoms. The van der Waals surface area contributed by atoms with E-state index in [9.17, 15) is 14.4 Å². The van der Waals surface area contributed by atoms with Gasteiger partial charge in [-0.2, -0.15) is 0 Å². The number of hydrogen-bond donors (Lipinski definition) is 2. The molecule has 0 aliphatic heterocycles. The molecule has 2 aromatic carbocycles. The second kappa shape index (κ2) is 11.3. The van der Waals surface area contributed by atoms with Crippen molar-refractivity contribution in [2.45, 2.75) is 13.0 Å². The van der Waals surface area contributed by atoms with Gasteiger partial charge in [0.2, 0.25) is 5.91 Å². The first-order valence-corrected chi connectivity index (χ1v) is 9.16. The Bertz CT molecular complexity index is 911. The summed E-state index contributed by atoms with van der Waals surface area (Å²) < 4.78 is 15.4. The molecule has 8 nitrogen and oxygen atoms in total. The van der Waals surface area contributed by atoms with Gasteiger partial charge >= 0.3 is 5.97 Å². The number of rotatable bonds is 9. The Labute approximate surface area is 174 Å². The summed E-state index contributed by atoms with van der Waals surface area (Å²) in [6.45, 7) is 1.08. The molecule has 0 unspecified atom stereocenters. The number of nitrogens with one attached hydrogen (secondary N) is 2. The van der Waals surface area contributed by atoms with Gasteiger partial charge in [-0.25, -0.2) is 0 Å². The van der Waals surface area contributed by atoms with Crippen LogP contribution in [0.25, 0.3) is 6.08 Å². The summed E-state index contributed by atoms with van der Waals surface area (Å²) in [7, 11) is 2.99. The Hall–Kier alpha value is -3.81. The number of ether oxygens (including phenoxy) is 3. The Morgan fingerprint density at radius 2 is 1.70 bits per heavy atom. The third-order valence-corrected chi connectivity index (χ3v) is 3.96. The maximum absolute atomic E-state index is 12.2. The van der Waals surface area contributed by atoms with Crippen LogP contribution in [0.1, 0.15) is 12.5 Å². The van der Waals surface area contributed by atoms with Crippen LogP contribution in [-0.2, 0) is 19.1 Å². The highest BCUT2D eigenvalue weighted by atomic mass is 16.5. The van der Waals surface area contributed by atoms with E-state index < -0.39 is 23.9 Å². The van der Waals surface area contributed by atoms with E-state index in [-0.39, 0.29) is 6.54 Å². The number of carbonyl (C=O) groups is 3. The zero-order chi connectivity index (χ0) is 21.9. The highest BCUT2D eigenvalue weighted by Gasteiger charge is 2.18. The monoisotopic (exact) mass is 412 g/mol. The zero-order valence-electron chi connectivity index (χ0n) is 17.0. The van der Waals surface area contributed by atoms with Crippen LogP contribution < -0.4 is 20.1 Å². The van der Waals surface area contributed by atoms with Crippen molar-refractivity contribution in [3.63, 3.8) is 0 Å². The summed E-state index contributed by atoms with van der Waals surface area (Å²) >= 11 is 0. The van der Waals surface area contributed by atoms with Crippen molar-refractivity contribution in [2.24, 2.45) is 0 Å². The molecule has 0 heterocycles. The smallest absolute Gasteiger partial charge is 0.326 e. The van der Waals surface area contributed by atoms with E-state index in [1.165, 1.54) is 27.2 Å². The number of carbonyl (C=O) groups excluding carboxylic acids is 3. The summed E-state index contributed by atoms with van der Waals surface area (Å²) in [6.07, 6.45) is 1.89. The van der Waals surface area contributed by atoms with Crippen molar-refractivity contribution in [3.8, 4) is 11.5 Å². The van der Waals surface area contributed by atoms with Crippen molar-refractivity contribution in [2.75, 3.05) is 26.1 Å². The van der Waals surface area contributed by atoms with Crippen LogP contribution >= 0.6 is 0 Å². The fourth-order valence-corrected chi connectivity index (χ4v) is 2.40. The molecule has 2 rings (SSSR count). The van der Waals surface area contributed by atoms with Gasteiger partial charge in [0.1, 0.15) is 6.54 Å². The van der Waals surface area contributed by atoms with E-state index >= 15 is 0 Å². The van der Waals surface area contributed by atoms with Crippen LogP contribution in [0.4, 0.5) is 5.69 Å². The zero-order valence-corrected chi connectivity index (χ0v) is 17.0. The minimum absolute atomic E-state index is 0.355. The standard InChI is InChI=1S/C22H24N2O6/c1-15(22(27)24-17-10-11-18(28-2)19(13-17)29-3)30-21(26)14-23-20(25)12-9-16-7-5-4-6-8-16/h4-13,15H,14H2,1-3H3,(H,23,25)(H,24,27)/b12-9+/t15-/m1/s1. The topological polar surface area (TPSA) is 103 Å². The maximum atomic E-state index is 12.2. The molecule has 2 N–H and O–H groups in total. The van der Waals surface area contributed by atoms with Crippen LogP contribution in [-0.4, -0.2) is 44.7 Å². The molecule has 1 atom stereocenters. The lowest BCUT2D eigenvalue weighted by Gasteiger charge is -2.15. The molecule has 2 amide bonds. The average Bonchev–Trinajstić information content (AvgIpc) is 2.76. The molecule has 0 aliphatic rings. The van der Waals surface area contributed by atoms with Crippen molar-refractivity contribution in [3.05, 3.63) is 60.2 Å². The molecule has 0 saturated carbocycles. The van der Waals surface area contributed by atoms with Gasteiger partial charge in [-0.1, -0.05) is 30.3 Å². The summed E-state index contributed by atoms with van der Waals surface area (Å²) in [5.74, 6) is -0.728. The number of methoxy groups -OCH3 is 2.